The van der Waals surface area contributed by atoms with Gasteiger partial charge < -0.3 is 15.4 Å². The summed E-state index contributed by atoms with van der Waals surface area (Å²) in [6.45, 7) is 4.59. The smallest absolute Gasteiger partial charge is 0.171 e. The Bertz CT molecular complexity index is 707. The molecule has 0 amide bonds. The molecule has 0 unspecified atom stereocenters. The number of anilines is 1. The second-order valence-corrected chi connectivity index (χ2v) is 5.92. The van der Waals surface area contributed by atoms with E-state index in [2.05, 4.69) is 17.2 Å². The standard InChI is InChI=1S/C17H16Cl2N2OS/c1-2-8-22-15-5-3-4-14(10-15)21-17(23)20-11-12-6-7-13(18)9-16(12)19/h2-7,9-10H,1,8,11H2,(H2,20,21,23). The molecule has 120 valence electrons. The quantitative estimate of drug-likeness (QED) is 0.553. The highest BCUT2D eigenvalue weighted by Gasteiger charge is 2.03. The third-order valence-corrected chi connectivity index (χ3v) is 3.75. The Morgan fingerprint density at radius 3 is 2.78 bits per heavy atom. The Hall–Kier alpha value is -1.75. The van der Waals surface area contributed by atoms with Gasteiger partial charge in [-0.3, -0.25) is 0 Å². The predicted octanol–water partition coefficient (Wildman–Crippen LogP) is 5.04. The SMILES string of the molecule is C=CCOc1cccc(NC(=S)NCc2ccc(Cl)cc2Cl)c1. The summed E-state index contributed by atoms with van der Waals surface area (Å²) in [4.78, 5) is 0. The Labute approximate surface area is 151 Å². The maximum atomic E-state index is 6.13. The first-order chi connectivity index (χ1) is 11.1. The topological polar surface area (TPSA) is 33.3 Å². The van der Waals surface area contributed by atoms with Crippen LogP contribution in [0.4, 0.5) is 5.69 Å². The van der Waals surface area contributed by atoms with Crippen molar-refractivity contribution in [1.82, 2.24) is 5.32 Å². The zero-order chi connectivity index (χ0) is 16.7. The average Bonchev–Trinajstić information content (AvgIpc) is 2.52. The summed E-state index contributed by atoms with van der Waals surface area (Å²) in [5, 5.41) is 7.92. The molecule has 0 aliphatic heterocycles. The van der Waals surface area contributed by atoms with Gasteiger partial charge in [0.25, 0.3) is 0 Å². The third-order valence-electron chi connectivity index (χ3n) is 2.91. The number of rotatable bonds is 6. The maximum Gasteiger partial charge on any atom is 0.171 e. The molecule has 2 aromatic rings. The lowest BCUT2D eigenvalue weighted by Crippen LogP contribution is -2.27. The fourth-order valence-electron chi connectivity index (χ4n) is 1.83. The van der Waals surface area contributed by atoms with Crippen LogP contribution in [0.2, 0.25) is 10.0 Å². The number of ether oxygens (including phenoxy) is 1. The molecule has 2 aromatic carbocycles. The van der Waals surface area contributed by atoms with E-state index in [1.54, 1.807) is 18.2 Å². The van der Waals surface area contributed by atoms with Gasteiger partial charge in [-0.2, -0.15) is 0 Å². The molecule has 0 aliphatic rings. The zero-order valence-corrected chi connectivity index (χ0v) is 14.6. The monoisotopic (exact) mass is 366 g/mol. The van der Waals surface area contributed by atoms with E-state index in [0.29, 0.717) is 28.3 Å². The van der Waals surface area contributed by atoms with Crippen LogP contribution in [0.15, 0.2) is 55.1 Å². The molecule has 0 heterocycles. The zero-order valence-electron chi connectivity index (χ0n) is 12.3. The van der Waals surface area contributed by atoms with E-state index in [0.717, 1.165) is 17.0 Å². The van der Waals surface area contributed by atoms with Crippen LogP contribution in [0.3, 0.4) is 0 Å². The Morgan fingerprint density at radius 2 is 2.04 bits per heavy atom. The van der Waals surface area contributed by atoms with E-state index in [1.165, 1.54) is 0 Å². The maximum absolute atomic E-state index is 6.13. The van der Waals surface area contributed by atoms with E-state index >= 15 is 0 Å². The van der Waals surface area contributed by atoms with E-state index in [1.807, 2.05) is 30.3 Å². The molecule has 6 heteroatoms. The van der Waals surface area contributed by atoms with Crippen molar-refractivity contribution in [2.75, 3.05) is 11.9 Å². The number of nitrogens with one attached hydrogen (secondary N) is 2. The molecule has 0 bridgehead atoms. The lowest BCUT2D eigenvalue weighted by atomic mass is 10.2. The first kappa shape index (κ1) is 17.6. The van der Waals surface area contributed by atoms with E-state index < -0.39 is 0 Å². The summed E-state index contributed by atoms with van der Waals surface area (Å²) >= 11 is 17.3. The fraction of sp³-hybridized carbons (Fsp3) is 0.118. The van der Waals surface area contributed by atoms with Crippen molar-refractivity contribution in [3.05, 3.63) is 70.7 Å². The van der Waals surface area contributed by atoms with Crippen molar-refractivity contribution >= 4 is 46.2 Å². The van der Waals surface area contributed by atoms with Crippen molar-refractivity contribution in [2.45, 2.75) is 6.54 Å². The molecule has 0 radical (unpaired) electrons. The van der Waals surface area contributed by atoms with Crippen molar-refractivity contribution in [1.29, 1.82) is 0 Å². The Morgan fingerprint density at radius 1 is 1.22 bits per heavy atom. The molecule has 0 saturated carbocycles. The average molecular weight is 367 g/mol. The highest BCUT2D eigenvalue weighted by atomic mass is 35.5. The summed E-state index contributed by atoms with van der Waals surface area (Å²) in [7, 11) is 0. The van der Waals surface area contributed by atoms with Crippen molar-refractivity contribution in [3.63, 3.8) is 0 Å². The van der Waals surface area contributed by atoms with Gasteiger partial charge in [-0.25, -0.2) is 0 Å². The first-order valence-electron chi connectivity index (χ1n) is 6.91. The highest BCUT2D eigenvalue weighted by molar-refractivity contribution is 7.80. The fourth-order valence-corrected chi connectivity index (χ4v) is 2.50. The van der Waals surface area contributed by atoms with Crippen molar-refractivity contribution < 1.29 is 4.74 Å². The summed E-state index contributed by atoms with van der Waals surface area (Å²) in [5.74, 6) is 0.749. The molecule has 0 spiro atoms. The number of halogens is 2. The lowest BCUT2D eigenvalue weighted by Gasteiger charge is -2.12. The van der Waals surface area contributed by atoms with Crippen molar-refractivity contribution in [2.24, 2.45) is 0 Å². The van der Waals surface area contributed by atoms with Gasteiger partial charge in [-0.15, -0.1) is 0 Å². The minimum absolute atomic E-state index is 0.460. The molecule has 0 saturated heterocycles. The third kappa shape index (κ3) is 5.75. The van der Waals surface area contributed by atoms with E-state index in [-0.39, 0.29) is 0 Å². The summed E-state index contributed by atoms with van der Waals surface area (Å²) in [5.41, 5.74) is 1.76. The Balaban J connectivity index is 1.90. The molecule has 3 nitrogen and oxygen atoms in total. The van der Waals surface area contributed by atoms with Crippen LogP contribution in [-0.2, 0) is 6.54 Å². The van der Waals surface area contributed by atoms with E-state index in [9.17, 15) is 0 Å². The molecule has 2 rings (SSSR count). The summed E-state index contributed by atoms with van der Waals surface area (Å²) < 4.78 is 5.48. The molecule has 2 N–H and O–H groups in total. The summed E-state index contributed by atoms with van der Waals surface area (Å²) in [6, 6.07) is 12.9. The number of benzene rings is 2. The van der Waals surface area contributed by atoms with Crippen LogP contribution >= 0.6 is 35.4 Å². The molecule has 0 aliphatic carbocycles. The van der Waals surface area contributed by atoms with Gasteiger partial charge >= 0.3 is 0 Å². The van der Waals surface area contributed by atoms with E-state index in [4.69, 9.17) is 40.2 Å². The molecule has 23 heavy (non-hydrogen) atoms. The van der Waals surface area contributed by atoms with Gasteiger partial charge in [-0.05, 0) is 42.0 Å². The Kier molecular flexibility index (Phi) is 6.71. The lowest BCUT2D eigenvalue weighted by molar-refractivity contribution is 0.363. The largest absolute Gasteiger partial charge is 0.489 e. The summed E-state index contributed by atoms with van der Waals surface area (Å²) in [6.07, 6.45) is 1.70. The molecular formula is C17H16Cl2N2OS. The van der Waals surface area contributed by atoms with Crippen LogP contribution in [0.5, 0.6) is 5.75 Å². The van der Waals surface area contributed by atoms with Gasteiger partial charge in [0, 0.05) is 28.3 Å². The number of thiocarbonyl (C=S) groups is 1. The van der Waals surface area contributed by atoms with Crippen LogP contribution < -0.4 is 15.4 Å². The number of hydrogen-bond acceptors (Lipinski definition) is 2. The van der Waals surface area contributed by atoms with Gasteiger partial charge in [0.1, 0.15) is 12.4 Å². The second kappa shape index (κ2) is 8.77. The molecule has 0 fully saturated rings. The van der Waals surface area contributed by atoms with Crippen molar-refractivity contribution in [3.8, 4) is 5.75 Å². The minimum atomic E-state index is 0.460. The van der Waals surface area contributed by atoms with Gasteiger partial charge in [0.15, 0.2) is 5.11 Å². The van der Waals surface area contributed by atoms with Gasteiger partial charge in [-0.1, -0.05) is 48.0 Å². The van der Waals surface area contributed by atoms with Crippen LogP contribution in [0.25, 0.3) is 0 Å². The first-order valence-corrected chi connectivity index (χ1v) is 8.07. The number of hydrogen-bond donors (Lipinski definition) is 2. The highest BCUT2D eigenvalue weighted by Crippen LogP contribution is 2.21. The van der Waals surface area contributed by atoms with Crippen LogP contribution in [0, 0.1) is 0 Å². The predicted molar refractivity (Wildman–Crippen MR) is 102 cm³/mol. The van der Waals surface area contributed by atoms with Gasteiger partial charge in [0.05, 0.1) is 0 Å². The minimum Gasteiger partial charge on any atom is -0.489 e. The van der Waals surface area contributed by atoms with Crippen LogP contribution in [0.1, 0.15) is 5.56 Å². The van der Waals surface area contributed by atoms with Crippen LogP contribution in [-0.4, -0.2) is 11.7 Å². The molecular weight excluding hydrogens is 351 g/mol. The second-order valence-electron chi connectivity index (χ2n) is 4.67. The molecule has 0 atom stereocenters. The molecule has 0 aromatic heterocycles. The van der Waals surface area contributed by atoms with Gasteiger partial charge in [0.2, 0.25) is 0 Å². The normalized spacial score (nSPS) is 10.0.